The maximum absolute atomic E-state index is 5.93. The monoisotopic (exact) mass is 292 g/mol. The van der Waals surface area contributed by atoms with E-state index >= 15 is 0 Å². The Labute approximate surface area is 120 Å². The molecular formula is C13H13ClN4S. The van der Waals surface area contributed by atoms with Crippen molar-refractivity contribution in [3.05, 3.63) is 39.8 Å². The highest BCUT2D eigenvalue weighted by molar-refractivity contribution is 7.71. The van der Waals surface area contributed by atoms with Crippen molar-refractivity contribution in [3.63, 3.8) is 0 Å². The lowest BCUT2D eigenvalue weighted by Crippen LogP contribution is -2.03. The van der Waals surface area contributed by atoms with E-state index in [1.54, 1.807) is 0 Å². The van der Waals surface area contributed by atoms with E-state index in [4.69, 9.17) is 23.8 Å². The number of imidazole rings is 1. The third-order valence-corrected chi connectivity index (χ3v) is 3.67. The molecule has 1 N–H and O–H groups in total. The summed E-state index contributed by atoms with van der Waals surface area (Å²) in [7, 11) is 0. The van der Waals surface area contributed by atoms with Crippen molar-refractivity contribution in [2.75, 3.05) is 0 Å². The van der Waals surface area contributed by atoms with Gasteiger partial charge in [-0.1, -0.05) is 11.6 Å². The molecule has 0 saturated carbocycles. The number of aryl methyl sites for hydroxylation is 2. The highest BCUT2D eigenvalue weighted by atomic mass is 35.5. The first-order valence-electron chi connectivity index (χ1n) is 6.06. The molecule has 4 nitrogen and oxygen atoms in total. The van der Waals surface area contributed by atoms with Crippen LogP contribution in [0, 0.1) is 11.7 Å². The van der Waals surface area contributed by atoms with Crippen LogP contribution in [0.4, 0.5) is 0 Å². The molecule has 2 aromatic heterocycles. The Kier molecular flexibility index (Phi) is 2.95. The van der Waals surface area contributed by atoms with Crippen LogP contribution in [-0.4, -0.2) is 19.3 Å². The van der Waals surface area contributed by atoms with Crippen LogP contribution < -0.4 is 0 Å². The summed E-state index contributed by atoms with van der Waals surface area (Å²) in [5.74, 6) is 0. The highest BCUT2D eigenvalue weighted by Gasteiger charge is 2.14. The SMILES string of the molecule is CCn1nc(C)c2[nH]c(=S)n(-c3ccc(Cl)cc3)c21. The fourth-order valence-corrected chi connectivity index (χ4v) is 2.67. The molecule has 0 aliphatic heterocycles. The molecule has 1 aromatic carbocycles. The number of aromatic amines is 1. The number of hydrogen-bond donors (Lipinski definition) is 1. The van der Waals surface area contributed by atoms with Crippen LogP contribution in [0.2, 0.25) is 5.02 Å². The summed E-state index contributed by atoms with van der Waals surface area (Å²) in [5, 5.41) is 5.22. The lowest BCUT2D eigenvalue weighted by molar-refractivity contribution is 0.662. The summed E-state index contributed by atoms with van der Waals surface area (Å²) in [5.41, 5.74) is 3.92. The third-order valence-electron chi connectivity index (χ3n) is 3.13. The van der Waals surface area contributed by atoms with Gasteiger partial charge in [-0.3, -0.25) is 4.57 Å². The van der Waals surface area contributed by atoms with Crippen molar-refractivity contribution >= 4 is 35.0 Å². The molecule has 3 aromatic rings. The van der Waals surface area contributed by atoms with E-state index in [1.807, 2.05) is 40.4 Å². The van der Waals surface area contributed by atoms with Gasteiger partial charge in [-0.15, -0.1) is 0 Å². The summed E-state index contributed by atoms with van der Waals surface area (Å²) in [6, 6.07) is 7.62. The van der Waals surface area contributed by atoms with Gasteiger partial charge in [0.05, 0.1) is 11.4 Å². The van der Waals surface area contributed by atoms with E-state index in [9.17, 15) is 0 Å². The van der Waals surface area contributed by atoms with E-state index in [1.165, 1.54) is 0 Å². The van der Waals surface area contributed by atoms with Gasteiger partial charge in [0.15, 0.2) is 10.4 Å². The Bertz CT molecular complexity index is 795. The molecule has 0 saturated heterocycles. The minimum atomic E-state index is 0.667. The maximum Gasteiger partial charge on any atom is 0.184 e. The first kappa shape index (κ1) is 12.4. The average Bonchev–Trinajstić information content (AvgIpc) is 2.88. The standard InChI is InChI=1S/C13H13ClN4S/c1-3-17-12-11(8(2)16-17)15-13(19)18(12)10-6-4-9(14)5-7-10/h4-7H,3H2,1-2H3,(H,15,19). The van der Waals surface area contributed by atoms with Gasteiger partial charge in [0.25, 0.3) is 0 Å². The largest absolute Gasteiger partial charge is 0.327 e. The second kappa shape index (κ2) is 4.51. The van der Waals surface area contributed by atoms with Crippen LogP contribution in [0.1, 0.15) is 12.6 Å². The Hall–Kier alpha value is -1.59. The maximum atomic E-state index is 5.93. The van der Waals surface area contributed by atoms with E-state index < -0.39 is 0 Å². The lowest BCUT2D eigenvalue weighted by atomic mass is 10.3. The summed E-state index contributed by atoms with van der Waals surface area (Å²) in [4.78, 5) is 3.22. The molecule has 0 unspecified atom stereocenters. The second-order valence-electron chi connectivity index (χ2n) is 4.34. The van der Waals surface area contributed by atoms with Gasteiger partial charge in [0.2, 0.25) is 0 Å². The fourth-order valence-electron chi connectivity index (χ4n) is 2.25. The minimum absolute atomic E-state index is 0.667. The summed E-state index contributed by atoms with van der Waals surface area (Å²) in [6.07, 6.45) is 0. The van der Waals surface area contributed by atoms with Crippen LogP contribution in [-0.2, 0) is 6.54 Å². The molecule has 0 amide bonds. The van der Waals surface area contributed by atoms with Crippen LogP contribution in [0.5, 0.6) is 0 Å². The van der Waals surface area contributed by atoms with Crippen molar-refractivity contribution in [1.82, 2.24) is 19.3 Å². The Morgan fingerprint density at radius 1 is 1.32 bits per heavy atom. The molecule has 0 spiro atoms. The number of fused-ring (bicyclic) bond motifs is 1. The van der Waals surface area contributed by atoms with Crippen molar-refractivity contribution < 1.29 is 0 Å². The van der Waals surface area contributed by atoms with Gasteiger partial charge < -0.3 is 4.98 Å². The zero-order valence-corrected chi connectivity index (χ0v) is 12.2. The van der Waals surface area contributed by atoms with Gasteiger partial charge in [-0.2, -0.15) is 5.10 Å². The van der Waals surface area contributed by atoms with E-state index in [0.29, 0.717) is 9.79 Å². The molecule has 19 heavy (non-hydrogen) atoms. The van der Waals surface area contributed by atoms with Crippen molar-refractivity contribution in [2.45, 2.75) is 20.4 Å². The number of hydrogen-bond acceptors (Lipinski definition) is 2. The van der Waals surface area contributed by atoms with E-state index in [-0.39, 0.29) is 0 Å². The molecule has 0 bridgehead atoms. The summed E-state index contributed by atoms with van der Waals surface area (Å²) >= 11 is 11.4. The predicted octanol–water partition coefficient (Wildman–Crippen LogP) is 3.87. The number of aromatic nitrogens is 4. The van der Waals surface area contributed by atoms with Crippen LogP contribution >= 0.6 is 23.8 Å². The number of nitrogens with one attached hydrogen (secondary N) is 1. The molecule has 6 heteroatoms. The normalized spacial score (nSPS) is 11.3. The smallest absolute Gasteiger partial charge is 0.184 e. The first-order valence-corrected chi connectivity index (χ1v) is 6.84. The number of rotatable bonds is 2. The molecule has 98 valence electrons. The van der Waals surface area contributed by atoms with Gasteiger partial charge in [0, 0.05) is 11.6 Å². The van der Waals surface area contributed by atoms with Crippen LogP contribution in [0.25, 0.3) is 16.9 Å². The van der Waals surface area contributed by atoms with Crippen LogP contribution in [0.15, 0.2) is 24.3 Å². The number of nitrogens with zero attached hydrogens (tertiary/aromatic N) is 3. The van der Waals surface area contributed by atoms with Crippen molar-refractivity contribution in [2.24, 2.45) is 0 Å². The zero-order chi connectivity index (χ0) is 13.6. The summed E-state index contributed by atoms with van der Waals surface area (Å²) < 4.78 is 4.61. The third kappa shape index (κ3) is 1.89. The van der Waals surface area contributed by atoms with Gasteiger partial charge in [0.1, 0.15) is 5.52 Å². The van der Waals surface area contributed by atoms with Crippen molar-refractivity contribution in [1.29, 1.82) is 0 Å². The van der Waals surface area contributed by atoms with Gasteiger partial charge >= 0.3 is 0 Å². The van der Waals surface area contributed by atoms with Gasteiger partial charge in [-0.25, -0.2) is 4.68 Å². The minimum Gasteiger partial charge on any atom is -0.327 e. The molecule has 0 aliphatic rings. The zero-order valence-electron chi connectivity index (χ0n) is 10.6. The quantitative estimate of drug-likeness (QED) is 0.728. The fraction of sp³-hybridized carbons (Fsp3) is 0.231. The van der Waals surface area contributed by atoms with Crippen molar-refractivity contribution in [3.8, 4) is 5.69 Å². The number of halogens is 1. The molecular weight excluding hydrogens is 280 g/mol. The predicted molar refractivity (Wildman–Crippen MR) is 79.7 cm³/mol. The Balaban J connectivity index is 2.36. The number of benzene rings is 1. The number of H-pyrrole nitrogens is 1. The highest BCUT2D eigenvalue weighted by Crippen LogP contribution is 2.23. The summed E-state index contributed by atoms with van der Waals surface area (Å²) in [6.45, 7) is 4.84. The lowest BCUT2D eigenvalue weighted by Gasteiger charge is -2.06. The topological polar surface area (TPSA) is 38.5 Å². The molecule has 3 rings (SSSR count). The van der Waals surface area contributed by atoms with E-state index in [0.717, 1.165) is 29.1 Å². The van der Waals surface area contributed by atoms with Crippen LogP contribution in [0.3, 0.4) is 0 Å². The average molecular weight is 293 g/mol. The molecule has 2 heterocycles. The van der Waals surface area contributed by atoms with Gasteiger partial charge in [-0.05, 0) is 50.3 Å². The Morgan fingerprint density at radius 3 is 2.63 bits per heavy atom. The molecule has 0 atom stereocenters. The first-order chi connectivity index (χ1) is 9.11. The molecule has 0 radical (unpaired) electrons. The molecule has 0 aliphatic carbocycles. The second-order valence-corrected chi connectivity index (χ2v) is 5.16. The molecule has 0 fully saturated rings. The van der Waals surface area contributed by atoms with E-state index in [2.05, 4.69) is 17.0 Å². The Morgan fingerprint density at radius 2 is 2.00 bits per heavy atom.